The molecule has 1 heterocycles. The summed E-state index contributed by atoms with van der Waals surface area (Å²) in [5.41, 5.74) is 0.806. The van der Waals surface area contributed by atoms with E-state index in [0.717, 1.165) is 12.0 Å². The van der Waals surface area contributed by atoms with Crippen molar-refractivity contribution < 1.29 is 0 Å². The van der Waals surface area contributed by atoms with Gasteiger partial charge in [-0.15, -0.1) is 0 Å². The maximum atomic E-state index is 8.19. The van der Waals surface area contributed by atoms with Gasteiger partial charge in [-0.1, -0.05) is 0 Å². The van der Waals surface area contributed by atoms with Crippen LogP contribution in [0.5, 0.6) is 0 Å². The molecule has 0 saturated heterocycles. The average molecular weight is 93.1 g/mol. The SMILES string of the molecule is N#CC1=CN[CH]C1. The molecule has 0 aromatic rings. The minimum absolute atomic E-state index is 0.774. The molecule has 2 nitrogen and oxygen atoms in total. The van der Waals surface area contributed by atoms with Crippen LogP contribution in [0.4, 0.5) is 0 Å². The zero-order chi connectivity index (χ0) is 5.11. The second kappa shape index (κ2) is 1.65. The van der Waals surface area contributed by atoms with Crippen LogP contribution in [0.25, 0.3) is 0 Å². The van der Waals surface area contributed by atoms with E-state index in [0.29, 0.717) is 0 Å². The summed E-state index contributed by atoms with van der Waals surface area (Å²) in [7, 11) is 0. The number of hydrogen-bond acceptors (Lipinski definition) is 2. The van der Waals surface area contributed by atoms with Gasteiger partial charge in [0, 0.05) is 18.2 Å². The van der Waals surface area contributed by atoms with E-state index in [1.165, 1.54) is 0 Å². The van der Waals surface area contributed by atoms with E-state index in [-0.39, 0.29) is 0 Å². The van der Waals surface area contributed by atoms with Gasteiger partial charge in [0.1, 0.15) is 0 Å². The summed E-state index contributed by atoms with van der Waals surface area (Å²) in [6.07, 6.45) is 2.48. The molecule has 0 atom stereocenters. The van der Waals surface area contributed by atoms with Crippen LogP contribution in [0, 0.1) is 17.9 Å². The molecular formula is C5H5N2. The van der Waals surface area contributed by atoms with Gasteiger partial charge in [0.15, 0.2) is 0 Å². The molecule has 0 bridgehead atoms. The molecule has 2 heteroatoms. The lowest BCUT2D eigenvalue weighted by Gasteiger charge is -1.77. The molecule has 1 aliphatic heterocycles. The predicted molar refractivity (Wildman–Crippen MR) is 25.7 cm³/mol. The van der Waals surface area contributed by atoms with Gasteiger partial charge in [0.25, 0.3) is 0 Å². The summed E-state index contributed by atoms with van der Waals surface area (Å²) in [5.74, 6) is 0. The van der Waals surface area contributed by atoms with Crippen LogP contribution < -0.4 is 5.32 Å². The molecule has 0 aromatic heterocycles. The van der Waals surface area contributed by atoms with Gasteiger partial charge >= 0.3 is 0 Å². The summed E-state index contributed by atoms with van der Waals surface area (Å²) >= 11 is 0. The number of rotatable bonds is 0. The van der Waals surface area contributed by atoms with Gasteiger partial charge in [-0.05, 0) is 0 Å². The molecular weight excluding hydrogens is 88.1 g/mol. The first-order chi connectivity index (χ1) is 3.43. The van der Waals surface area contributed by atoms with Crippen molar-refractivity contribution >= 4 is 0 Å². The minimum atomic E-state index is 0.774. The van der Waals surface area contributed by atoms with Crippen LogP contribution in [-0.4, -0.2) is 0 Å². The number of nitriles is 1. The maximum Gasteiger partial charge on any atom is 0.0963 e. The standard InChI is InChI=1S/C5H5N2/c6-3-5-1-2-7-4-5/h2,4,7H,1H2. The van der Waals surface area contributed by atoms with E-state index in [1.807, 2.05) is 12.6 Å². The number of nitrogens with zero attached hydrogens (tertiary/aromatic N) is 1. The second-order valence-corrected chi connectivity index (χ2v) is 1.36. The highest BCUT2D eigenvalue weighted by molar-refractivity contribution is 5.25. The highest BCUT2D eigenvalue weighted by Gasteiger charge is 1.99. The number of nitrogens with one attached hydrogen (secondary N) is 1. The van der Waals surface area contributed by atoms with Crippen molar-refractivity contribution in [3.63, 3.8) is 0 Å². The molecule has 0 fully saturated rings. The van der Waals surface area contributed by atoms with Crippen molar-refractivity contribution in [2.45, 2.75) is 6.42 Å². The Morgan fingerprint density at radius 1 is 1.86 bits per heavy atom. The molecule has 7 heavy (non-hydrogen) atoms. The highest BCUT2D eigenvalue weighted by atomic mass is 14.8. The van der Waals surface area contributed by atoms with E-state index in [9.17, 15) is 0 Å². The Morgan fingerprint density at radius 2 is 2.71 bits per heavy atom. The Morgan fingerprint density at radius 3 is 3.00 bits per heavy atom. The van der Waals surface area contributed by atoms with Crippen LogP contribution in [0.1, 0.15) is 6.42 Å². The smallest absolute Gasteiger partial charge is 0.0963 e. The lowest BCUT2D eigenvalue weighted by Crippen LogP contribution is -1.88. The topological polar surface area (TPSA) is 35.8 Å². The van der Waals surface area contributed by atoms with Crippen LogP contribution >= 0.6 is 0 Å². The van der Waals surface area contributed by atoms with Crippen LogP contribution in [0.15, 0.2) is 11.8 Å². The van der Waals surface area contributed by atoms with E-state index < -0.39 is 0 Å². The van der Waals surface area contributed by atoms with Crippen molar-refractivity contribution in [3.8, 4) is 6.07 Å². The van der Waals surface area contributed by atoms with Gasteiger partial charge in [-0.3, -0.25) is 0 Å². The molecule has 0 amide bonds. The predicted octanol–water partition coefficient (Wildman–Crippen LogP) is 0.549. The third-order valence-electron chi connectivity index (χ3n) is 0.841. The van der Waals surface area contributed by atoms with Crippen LogP contribution in [0.2, 0.25) is 0 Å². The van der Waals surface area contributed by atoms with Crippen molar-refractivity contribution in [3.05, 3.63) is 18.3 Å². The fraction of sp³-hybridized carbons (Fsp3) is 0.200. The normalized spacial score (nSPS) is 17.3. The molecule has 1 aliphatic rings. The second-order valence-electron chi connectivity index (χ2n) is 1.36. The Bertz CT molecular complexity index is 130. The van der Waals surface area contributed by atoms with Crippen molar-refractivity contribution in [2.24, 2.45) is 0 Å². The van der Waals surface area contributed by atoms with Gasteiger partial charge < -0.3 is 5.32 Å². The summed E-state index contributed by atoms with van der Waals surface area (Å²) in [4.78, 5) is 0. The molecule has 1 rings (SSSR count). The Kier molecular flexibility index (Phi) is 0.991. The van der Waals surface area contributed by atoms with Gasteiger partial charge in [0.2, 0.25) is 0 Å². The summed E-state index contributed by atoms with van der Waals surface area (Å²) in [6, 6.07) is 2.03. The third kappa shape index (κ3) is 0.716. The Hall–Kier alpha value is -0.970. The molecule has 0 unspecified atom stereocenters. The lowest BCUT2D eigenvalue weighted by atomic mass is 10.3. The zero-order valence-electron chi connectivity index (χ0n) is 3.81. The molecule has 0 aromatic carbocycles. The van der Waals surface area contributed by atoms with E-state index >= 15 is 0 Å². The van der Waals surface area contributed by atoms with Gasteiger partial charge in [0.05, 0.1) is 12.6 Å². The summed E-state index contributed by atoms with van der Waals surface area (Å²) in [6.45, 7) is 1.85. The zero-order valence-corrected chi connectivity index (χ0v) is 3.81. The molecule has 0 aliphatic carbocycles. The minimum Gasteiger partial charge on any atom is -0.385 e. The van der Waals surface area contributed by atoms with E-state index in [1.54, 1.807) is 6.20 Å². The van der Waals surface area contributed by atoms with Crippen molar-refractivity contribution in [1.82, 2.24) is 5.32 Å². The van der Waals surface area contributed by atoms with Gasteiger partial charge in [-0.25, -0.2) is 0 Å². The molecule has 0 spiro atoms. The van der Waals surface area contributed by atoms with E-state index in [2.05, 4.69) is 5.32 Å². The Balaban J connectivity index is 2.57. The third-order valence-corrected chi connectivity index (χ3v) is 0.841. The fourth-order valence-electron chi connectivity index (χ4n) is 0.465. The summed E-state index contributed by atoms with van der Waals surface area (Å²) < 4.78 is 0. The van der Waals surface area contributed by atoms with Crippen molar-refractivity contribution in [2.75, 3.05) is 0 Å². The first kappa shape index (κ1) is 4.20. The lowest BCUT2D eigenvalue weighted by molar-refractivity contribution is 1.06. The van der Waals surface area contributed by atoms with Gasteiger partial charge in [-0.2, -0.15) is 5.26 Å². The quantitative estimate of drug-likeness (QED) is 0.474. The van der Waals surface area contributed by atoms with Crippen LogP contribution in [-0.2, 0) is 0 Å². The van der Waals surface area contributed by atoms with E-state index in [4.69, 9.17) is 5.26 Å². The van der Waals surface area contributed by atoms with Crippen LogP contribution in [0.3, 0.4) is 0 Å². The molecule has 1 N–H and O–H groups in total. The highest BCUT2D eigenvalue weighted by Crippen LogP contribution is 2.04. The van der Waals surface area contributed by atoms with Crippen molar-refractivity contribution in [1.29, 1.82) is 5.26 Å². The molecule has 35 valence electrons. The maximum absolute atomic E-state index is 8.19. The molecule has 0 saturated carbocycles. The average Bonchev–Trinajstić information content (AvgIpc) is 2.14. The largest absolute Gasteiger partial charge is 0.385 e. The monoisotopic (exact) mass is 93.0 g/mol. The first-order valence-corrected chi connectivity index (χ1v) is 2.10. The number of hydrogen-bond donors (Lipinski definition) is 1. The Labute approximate surface area is 42.4 Å². The molecule has 1 radical (unpaired) electrons. The first-order valence-electron chi connectivity index (χ1n) is 2.10. The summed E-state index contributed by atoms with van der Waals surface area (Å²) in [5, 5.41) is 11.0. The fourth-order valence-corrected chi connectivity index (χ4v) is 0.465.